The third kappa shape index (κ3) is 4.58. The summed E-state index contributed by atoms with van der Waals surface area (Å²) in [5.41, 5.74) is 3.89. The van der Waals surface area contributed by atoms with E-state index in [0.29, 0.717) is 31.7 Å². The Hall–Kier alpha value is -3.16. The molecule has 0 spiro atoms. The summed E-state index contributed by atoms with van der Waals surface area (Å²) in [7, 11) is -3.68. The van der Waals surface area contributed by atoms with Crippen LogP contribution in [0.2, 0.25) is 0 Å². The van der Waals surface area contributed by atoms with Crippen LogP contribution >= 0.6 is 0 Å². The van der Waals surface area contributed by atoms with Crippen LogP contribution in [0.3, 0.4) is 0 Å². The van der Waals surface area contributed by atoms with Gasteiger partial charge in [-0.15, -0.1) is 0 Å². The molecule has 176 valence electrons. The van der Waals surface area contributed by atoms with Crippen LogP contribution in [0.4, 0.5) is 5.69 Å². The minimum Gasteiger partial charge on any atom is -0.369 e. The molecule has 0 bridgehead atoms. The van der Waals surface area contributed by atoms with E-state index in [9.17, 15) is 13.2 Å². The first-order valence-corrected chi connectivity index (χ1v) is 13.3. The first-order chi connectivity index (χ1) is 16.5. The Bertz CT molecular complexity index is 1270. The largest absolute Gasteiger partial charge is 0.369 e. The van der Waals surface area contributed by atoms with Gasteiger partial charge in [0.1, 0.15) is 0 Å². The highest BCUT2D eigenvalue weighted by molar-refractivity contribution is 7.89. The number of benzene rings is 3. The molecular formula is C27H29N3O3S. The van der Waals surface area contributed by atoms with Gasteiger partial charge in [0.15, 0.2) is 0 Å². The Morgan fingerprint density at radius 2 is 1.59 bits per heavy atom. The van der Waals surface area contributed by atoms with Gasteiger partial charge in [-0.25, -0.2) is 8.42 Å². The molecule has 6 nitrogen and oxygen atoms in total. The van der Waals surface area contributed by atoms with Gasteiger partial charge in [0.05, 0.1) is 10.9 Å². The van der Waals surface area contributed by atoms with Crippen molar-refractivity contribution in [1.82, 2.24) is 9.62 Å². The van der Waals surface area contributed by atoms with Gasteiger partial charge in [0, 0.05) is 37.4 Å². The average Bonchev–Trinajstić information content (AvgIpc) is 2.89. The van der Waals surface area contributed by atoms with Crippen molar-refractivity contribution in [3.63, 3.8) is 0 Å². The highest BCUT2D eigenvalue weighted by Gasteiger charge is 2.29. The van der Waals surface area contributed by atoms with E-state index in [0.717, 1.165) is 30.5 Å². The summed E-state index contributed by atoms with van der Waals surface area (Å²) in [6.07, 6.45) is 2.92. The van der Waals surface area contributed by atoms with Gasteiger partial charge in [-0.2, -0.15) is 4.31 Å². The Balaban J connectivity index is 1.29. The van der Waals surface area contributed by atoms with Gasteiger partial charge in [-0.3, -0.25) is 4.79 Å². The number of carbonyl (C=O) groups excluding carboxylic acids is 1. The molecule has 1 aliphatic carbocycles. The van der Waals surface area contributed by atoms with Crippen molar-refractivity contribution in [2.75, 3.05) is 31.1 Å². The molecule has 1 saturated heterocycles. The van der Waals surface area contributed by atoms with Crippen molar-refractivity contribution in [1.29, 1.82) is 0 Å². The van der Waals surface area contributed by atoms with Crippen LogP contribution < -0.4 is 10.2 Å². The lowest BCUT2D eigenvalue weighted by Crippen LogP contribution is -2.48. The van der Waals surface area contributed by atoms with Crippen LogP contribution in [-0.2, 0) is 16.4 Å². The van der Waals surface area contributed by atoms with Gasteiger partial charge in [0.2, 0.25) is 10.0 Å². The van der Waals surface area contributed by atoms with E-state index in [1.165, 1.54) is 15.9 Å². The van der Waals surface area contributed by atoms with E-state index in [2.05, 4.69) is 22.3 Å². The van der Waals surface area contributed by atoms with Crippen LogP contribution in [0.25, 0.3) is 0 Å². The molecule has 3 aromatic carbocycles. The molecule has 2 aliphatic rings. The quantitative estimate of drug-likeness (QED) is 0.606. The summed E-state index contributed by atoms with van der Waals surface area (Å²) in [5.74, 6) is -0.243. The lowest BCUT2D eigenvalue weighted by molar-refractivity contribution is 0.0932. The summed E-state index contributed by atoms with van der Waals surface area (Å²) >= 11 is 0. The minimum absolute atomic E-state index is 0.0521. The van der Waals surface area contributed by atoms with Crippen LogP contribution in [0.1, 0.15) is 40.4 Å². The zero-order chi connectivity index (χ0) is 23.5. The van der Waals surface area contributed by atoms with Gasteiger partial charge in [-0.05, 0) is 60.7 Å². The second-order valence-corrected chi connectivity index (χ2v) is 10.8. The fraction of sp³-hybridized carbons (Fsp3) is 0.296. The number of nitrogens with zero attached hydrogens (tertiary/aromatic N) is 2. The topological polar surface area (TPSA) is 69.7 Å². The van der Waals surface area contributed by atoms with Crippen molar-refractivity contribution in [3.8, 4) is 0 Å². The Labute approximate surface area is 201 Å². The fourth-order valence-electron chi connectivity index (χ4n) is 4.92. The van der Waals surface area contributed by atoms with E-state index in [1.54, 1.807) is 18.2 Å². The van der Waals surface area contributed by atoms with Gasteiger partial charge in [-0.1, -0.05) is 48.5 Å². The van der Waals surface area contributed by atoms with E-state index >= 15 is 0 Å². The van der Waals surface area contributed by atoms with Crippen LogP contribution in [0.5, 0.6) is 0 Å². The number of para-hydroxylation sites is 1. The fourth-order valence-corrected chi connectivity index (χ4v) is 6.39. The number of piperazine rings is 1. The molecule has 7 heteroatoms. The molecule has 3 aromatic rings. The summed E-state index contributed by atoms with van der Waals surface area (Å²) < 4.78 is 28.2. The summed E-state index contributed by atoms with van der Waals surface area (Å²) in [5, 5.41) is 3.12. The number of hydrogen-bond donors (Lipinski definition) is 1. The molecule has 1 atom stereocenters. The second kappa shape index (κ2) is 9.60. The van der Waals surface area contributed by atoms with Gasteiger partial charge >= 0.3 is 0 Å². The van der Waals surface area contributed by atoms with E-state index < -0.39 is 10.0 Å². The van der Waals surface area contributed by atoms with Crippen LogP contribution in [-0.4, -0.2) is 44.8 Å². The summed E-state index contributed by atoms with van der Waals surface area (Å²) in [6.45, 7) is 2.08. The lowest BCUT2D eigenvalue weighted by Gasteiger charge is -2.35. The summed E-state index contributed by atoms with van der Waals surface area (Å²) in [6, 6.07) is 24.6. The monoisotopic (exact) mass is 475 g/mol. The maximum Gasteiger partial charge on any atom is 0.251 e. The molecule has 1 fully saturated rings. The van der Waals surface area contributed by atoms with E-state index in [1.807, 2.05) is 42.5 Å². The maximum absolute atomic E-state index is 13.3. The van der Waals surface area contributed by atoms with Crippen molar-refractivity contribution >= 4 is 21.6 Å². The SMILES string of the molecule is O=C(N[C@H]1CCCc2ccccc21)c1cccc(S(=O)(=O)N2CCN(c3ccccc3)CC2)c1. The Kier molecular flexibility index (Phi) is 6.39. The normalized spacial score (nSPS) is 18.8. The number of nitrogens with one attached hydrogen (secondary N) is 1. The smallest absolute Gasteiger partial charge is 0.251 e. The molecule has 0 aromatic heterocycles. The first-order valence-electron chi connectivity index (χ1n) is 11.8. The molecular weight excluding hydrogens is 446 g/mol. The first kappa shape index (κ1) is 22.6. The number of carbonyl (C=O) groups is 1. The molecule has 1 aliphatic heterocycles. The van der Waals surface area contributed by atoms with Crippen molar-refractivity contribution in [2.24, 2.45) is 0 Å². The third-order valence-electron chi connectivity index (χ3n) is 6.77. The van der Waals surface area contributed by atoms with Crippen LogP contribution in [0, 0.1) is 0 Å². The lowest BCUT2D eigenvalue weighted by atomic mass is 9.87. The average molecular weight is 476 g/mol. The second-order valence-electron chi connectivity index (χ2n) is 8.87. The Morgan fingerprint density at radius 3 is 2.38 bits per heavy atom. The van der Waals surface area contributed by atoms with Crippen LogP contribution in [0.15, 0.2) is 83.8 Å². The number of hydrogen-bond acceptors (Lipinski definition) is 4. The predicted molar refractivity (Wildman–Crippen MR) is 133 cm³/mol. The number of sulfonamides is 1. The molecule has 0 unspecified atom stereocenters. The molecule has 1 amide bonds. The minimum atomic E-state index is -3.68. The number of aryl methyl sites for hydroxylation is 1. The molecule has 0 radical (unpaired) electrons. The van der Waals surface area contributed by atoms with Gasteiger partial charge < -0.3 is 10.2 Å². The highest BCUT2D eigenvalue weighted by atomic mass is 32.2. The maximum atomic E-state index is 13.3. The zero-order valence-electron chi connectivity index (χ0n) is 19.1. The van der Waals surface area contributed by atoms with Crippen molar-refractivity contribution in [3.05, 3.63) is 95.6 Å². The molecule has 1 N–H and O–H groups in total. The highest BCUT2D eigenvalue weighted by Crippen LogP contribution is 2.30. The number of anilines is 1. The Morgan fingerprint density at radius 1 is 0.853 bits per heavy atom. The van der Waals surface area contributed by atoms with E-state index in [-0.39, 0.29) is 16.8 Å². The van der Waals surface area contributed by atoms with Gasteiger partial charge in [0.25, 0.3) is 5.91 Å². The predicted octanol–water partition coefficient (Wildman–Crippen LogP) is 4.00. The van der Waals surface area contributed by atoms with E-state index in [4.69, 9.17) is 0 Å². The number of fused-ring (bicyclic) bond motifs is 1. The standard InChI is InChI=1S/C27H29N3O3S/c31-27(28-26-15-7-9-21-8-4-5-14-25(21)26)22-10-6-13-24(20-22)34(32,33)30-18-16-29(17-19-30)23-11-2-1-3-12-23/h1-6,8,10-14,20,26H,7,9,15-19H2,(H,28,31)/t26-/m0/s1. The number of rotatable bonds is 5. The molecule has 5 rings (SSSR count). The molecule has 1 heterocycles. The zero-order valence-corrected chi connectivity index (χ0v) is 19.9. The van der Waals surface area contributed by atoms with Crippen molar-refractivity contribution < 1.29 is 13.2 Å². The third-order valence-corrected chi connectivity index (χ3v) is 8.66. The molecule has 0 saturated carbocycles. The number of amides is 1. The van der Waals surface area contributed by atoms with Crippen molar-refractivity contribution in [2.45, 2.75) is 30.2 Å². The molecule has 34 heavy (non-hydrogen) atoms. The summed E-state index contributed by atoms with van der Waals surface area (Å²) in [4.78, 5) is 15.4.